The number of amides is 1. The smallest absolute Gasteiger partial charge is 0.263 e. The molecule has 1 amide bonds. The van der Waals surface area contributed by atoms with Gasteiger partial charge in [0.05, 0.1) is 12.3 Å². The van der Waals surface area contributed by atoms with E-state index >= 15 is 0 Å². The Bertz CT molecular complexity index is 598. The summed E-state index contributed by atoms with van der Waals surface area (Å²) >= 11 is 1.32. The molecule has 2 aromatic rings. The maximum absolute atomic E-state index is 12.2. The average molecular weight is 319 g/mol. The number of anilines is 1. The van der Waals surface area contributed by atoms with Gasteiger partial charge in [-0.25, -0.2) is 4.98 Å². The van der Waals surface area contributed by atoms with Crippen LogP contribution in [-0.4, -0.2) is 35.7 Å². The lowest BCUT2D eigenvalue weighted by Gasteiger charge is -2.19. The number of aliphatic hydroxyl groups is 1. The van der Waals surface area contributed by atoms with Crippen molar-refractivity contribution in [2.75, 3.05) is 18.9 Å². The van der Waals surface area contributed by atoms with Crippen LogP contribution in [0.5, 0.6) is 0 Å². The van der Waals surface area contributed by atoms with Crippen molar-refractivity contribution < 1.29 is 9.90 Å². The van der Waals surface area contributed by atoms with Crippen LogP contribution in [0.25, 0.3) is 0 Å². The van der Waals surface area contributed by atoms with Crippen LogP contribution >= 0.6 is 11.3 Å². The number of nitrogens with zero attached hydrogens (tertiary/aromatic N) is 1. The van der Waals surface area contributed by atoms with Crippen LogP contribution in [0, 0.1) is 0 Å². The maximum atomic E-state index is 12.2. The molecule has 1 aromatic carbocycles. The summed E-state index contributed by atoms with van der Waals surface area (Å²) in [4.78, 5) is 16.8. The van der Waals surface area contributed by atoms with E-state index in [0.717, 1.165) is 5.56 Å². The number of carbonyl (C=O) groups excluding carboxylic acids is 1. The molecule has 0 spiro atoms. The van der Waals surface area contributed by atoms with E-state index < -0.39 is 6.10 Å². The van der Waals surface area contributed by atoms with Gasteiger partial charge >= 0.3 is 0 Å². The summed E-state index contributed by atoms with van der Waals surface area (Å²) in [6, 6.07) is 9.93. The van der Waals surface area contributed by atoms with E-state index in [-0.39, 0.29) is 11.8 Å². The van der Waals surface area contributed by atoms with Crippen LogP contribution in [0.2, 0.25) is 0 Å². The summed E-state index contributed by atoms with van der Waals surface area (Å²) in [5, 5.41) is 16.2. The molecule has 1 aromatic heterocycles. The van der Waals surface area contributed by atoms with Gasteiger partial charge in [-0.2, -0.15) is 0 Å². The first-order valence-electron chi connectivity index (χ1n) is 7.25. The van der Waals surface area contributed by atoms with Gasteiger partial charge in [0.15, 0.2) is 5.13 Å². The van der Waals surface area contributed by atoms with Crippen LogP contribution in [0.1, 0.15) is 34.5 Å². The quantitative estimate of drug-likeness (QED) is 0.733. The van der Waals surface area contributed by atoms with Crippen molar-refractivity contribution in [3.63, 3.8) is 0 Å². The largest absolute Gasteiger partial charge is 0.393 e. The third kappa shape index (κ3) is 4.54. The molecule has 1 heterocycles. The monoisotopic (exact) mass is 319 g/mol. The molecule has 0 aliphatic rings. The number of hydrogen-bond donors (Lipinski definition) is 3. The number of aliphatic hydroxyl groups excluding tert-OH is 1. The van der Waals surface area contributed by atoms with E-state index in [0.29, 0.717) is 23.0 Å². The van der Waals surface area contributed by atoms with Gasteiger partial charge in [0.2, 0.25) is 0 Å². The summed E-state index contributed by atoms with van der Waals surface area (Å²) in [6.45, 7) is 2.25. The second-order valence-electron chi connectivity index (χ2n) is 5.18. The van der Waals surface area contributed by atoms with Gasteiger partial charge in [-0.15, -0.1) is 0 Å². The zero-order valence-corrected chi connectivity index (χ0v) is 13.6. The van der Waals surface area contributed by atoms with Crippen molar-refractivity contribution in [1.29, 1.82) is 0 Å². The number of hydrogen-bond acceptors (Lipinski definition) is 5. The molecule has 22 heavy (non-hydrogen) atoms. The molecule has 0 aliphatic heterocycles. The Labute approximate surface area is 134 Å². The van der Waals surface area contributed by atoms with Gasteiger partial charge in [-0.3, -0.25) is 4.79 Å². The van der Waals surface area contributed by atoms with Gasteiger partial charge in [-0.1, -0.05) is 41.7 Å². The molecule has 0 bridgehead atoms. The molecule has 2 atom stereocenters. The molecule has 2 rings (SSSR count). The normalized spacial score (nSPS) is 13.4. The molecular weight excluding hydrogens is 298 g/mol. The highest BCUT2D eigenvalue weighted by atomic mass is 32.1. The topological polar surface area (TPSA) is 74.2 Å². The standard InChI is InChI=1S/C16H21N3O2S/c1-11(20)8-13(12-6-4-3-5-7-12)9-18-15(21)14-10-19-16(17-2)22-14/h3-7,10-11,13,20H,8-9H2,1-2H3,(H,17,19)(H,18,21). The summed E-state index contributed by atoms with van der Waals surface area (Å²) in [6.07, 6.45) is 1.76. The summed E-state index contributed by atoms with van der Waals surface area (Å²) in [5.74, 6) is -0.0487. The molecule has 0 aliphatic carbocycles. The Balaban J connectivity index is 2.00. The third-order valence-corrected chi connectivity index (χ3v) is 4.36. The van der Waals surface area contributed by atoms with E-state index in [2.05, 4.69) is 15.6 Å². The van der Waals surface area contributed by atoms with E-state index in [1.807, 2.05) is 30.3 Å². The molecule has 2 unspecified atom stereocenters. The molecule has 0 saturated carbocycles. The predicted octanol–water partition coefficient (Wildman–Crippen LogP) is 2.47. The van der Waals surface area contributed by atoms with Crippen molar-refractivity contribution in [3.05, 3.63) is 47.0 Å². The number of benzene rings is 1. The second kappa shape index (κ2) is 7.91. The molecule has 0 saturated heterocycles. The van der Waals surface area contributed by atoms with Crippen molar-refractivity contribution in [2.45, 2.75) is 25.4 Å². The minimum atomic E-state index is -0.415. The van der Waals surface area contributed by atoms with Crippen molar-refractivity contribution in [2.24, 2.45) is 0 Å². The SMILES string of the molecule is CNc1ncc(C(=O)NCC(CC(C)O)c2ccccc2)s1. The highest BCUT2D eigenvalue weighted by Crippen LogP contribution is 2.21. The van der Waals surface area contributed by atoms with Gasteiger partial charge < -0.3 is 15.7 Å². The minimum absolute atomic E-state index is 0.0850. The first-order chi connectivity index (χ1) is 10.6. The molecule has 3 N–H and O–H groups in total. The van der Waals surface area contributed by atoms with Crippen LogP contribution < -0.4 is 10.6 Å². The Morgan fingerprint density at radius 1 is 1.36 bits per heavy atom. The van der Waals surface area contributed by atoms with Gasteiger partial charge in [0.25, 0.3) is 5.91 Å². The van der Waals surface area contributed by atoms with Crippen molar-refractivity contribution in [3.8, 4) is 0 Å². The molecule has 0 fully saturated rings. The molecule has 5 nitrogen and oxygen atoms in total. The van der Waals surface area contributed by atoms with Crippen molar-refractivity contribution >= 4 is 22.4 Å². The highest BCUT2D eigenvalue weighted by molar-refractivity contribution is 7.17. The maximum Gasteiger partial charge on any atom is 0.263 e. The fourth-order valence-electron chi connectivity index (χ4n) is 2.27. The van der Waals surface area contributed by atoms with E-state index in [1.165, 1.54) is 11.3 Å². The van der Waals surface area contributed by atoms with E-state index in [4.69, 9.17) is 0 Å². The number of carbonyl (C=O) groups is 1. The number of aromatic nitrogens is 1. The molecule has 118 valence electrons. The molecule has 0 radical (unpaired) electrons. The fourth-order valence-corrected chi connectivity index (χ4v) is 2.96. The lowest BCUT2D eigenvalue weighted by Crippen LogP contribution is -2.29. The first-order valence-corrected chi connectivity index (χ1v) is 8.06. The summed E-state index contributed by atoms with van der Waals surface area (Å²) in [5.41, 5.74) is 1.11. The van der Waals surface area contributed by atoms with Gasteiger partial charge in [0.1, 0.15) is 4.88 Å². The summed E-state index contributed by atoms with van der Waals surface area (Å²) < 4.78 is 0. The van der Waals surface area contributed by atoms with E-state index in [1.54, 1.807) is 20.2 Å². The zero-order chi connectivity index (χ0) is 15.9. The number of rotatable bonds is 7. The highest BCUT2D eigenvalue weighted by Gasteiger charge is 2.17. The van der Waals surface area contributed by atoms with Gasteiger partial charge in [0, 0.05) is 19.5 Å². The Kier molecular flexibility index (Phi) is 5.91. The average Bonchev–Trinajstić information content (AvgIpc) is 3.01. The van der Waals surface area contributed by atoms with Crippen LogP contribution in [0.3, 0.4) is 0 Å². The predicted molar refractivity (Wildman–Crippen MR) is 89.5 cm³/mol. The van der Waals surface area contributed by atoms with Crippen LogP contribution in [0.15, 0.2) is 36.5 Å². The van der Waals surface area contributed by atoms with Crippen molar-refractivity contribution in [1.82, 2.24) is 10.3 Å². The second-order valence-corrected chi connectivity index (χ2v) is 6.21. The molecule has 6 heteroatoms. The third-order valence-electron chi connectivity index (χ3n) is 3.35. The van der Waals surface area contributed by atoms with Crippen LogP contribution in [-0.2, 0) is 0 Å². The summed E-state index contributed by atoms with van der Waals surface area (Å²) in [7, 11) is 1.77. The Hall–Kier alpha value is -1.92. The Morgan fingerprint density at radius 2 is 2.09 bits per heavy atom. The van der Waals surface area contributed by atoms with E-state index in [9.17, 15) is 9.90 Å². The fraction of sp³-hybridized carbons (Fsp3) is 0.375. The lowest BCUT2D eigenvalue weighted by molar-refractivity contribution is 0.0949. The lowest BCUT2D eigenvalue weighted by atomic mass is 9.93. The minimum Gasteiger partial charge on any atom is -0.393 e. The first kappa shape index (κ1) is 16.5. The number of thiazole rings is 1. The Morgan fingerprint density at radius 3 is 2.68 bits per heavy atom. The molecular formula is C16H21N3O2S. The van der Waals surface area contributed by atoms with Gasteiger partial charge in [-0.05, 0) is 18.9 Å². The number of nitrogens with one attached hydrogen (secondary N) is 2. The van der Waals surface area contributed by atoms with Crippen LogP contribution in [0.4, 0.5) is 5.13 Å². The zero-order valence-electron chi connectivity index (χ0n) is 12.7.